The Kier molecular flexibility index (Phi) is 5.75. The van der Waals surface area contributed by atoms with E-state index in [1.54, 1.807) is 0 Å². The second-order valence-corrected chi connectivity index (χ2v) is 4.59. The lowest BCUT2D eigenvalue weighted by molar-refractivity contribution is -0.135. The van der Waals surface area contributed by atoms with Gasteiger partial charge in [-0.05, 0) is 19.8 Å². The molecular formula is C12H20N3O4. The highest BCUT2D eigenvalue weighted by molar-refractivity contribution is 6.13. The summed E-state index contributed by atoms with van der Waals surface area (Å²) in [6.07, 6.45) is 1.39. The summed E-state index contributed by atoms with van der Waals surface area (Å²) in [6.45, 7) is 2.28. The van der Waals surface area contributed by atoms with E-state index in [9.17, 15) is 14.4 Å². The van der Waals surface area contributed by atoms with Crippen molar-refractivity contribution in [2.75, 3.05) is 26.2 Å². The second kappa shape index (κ2) is 7.08. The molecule has 7 nitrogen and oxygen atoms in total. The topological polar surface area (TPSA) is 113 Å². The fraction of sp³-hybridized carbons (Fsp3) is 0.667. The molecule has 4 N–H and O–H groups in total. The van der Waals surface area contributed by atoms with Crippen molar-refractivity contribution in [3.8, 4) is 0 Å². The molecule has 1 rings (SSSR count). The van der Waals surface area contributed by atoms with Gasteiger partial charge in [0.15, 0.2) is 0 Å². The maximum atomic E-state index is 11.9. The summed E-state index contributed by atoms with van der Waals surface area (Å²) < 4.78 is 0. The summed E-state index contributed by atoms with van der Waals surface area (Å²) in [5.41, 5.74) is 5.07. The Bertz CT molecular complexity index is 359. The highest BCUT2D eigenvalue weighted by atomic mass is 16.3. The maximum absolute atomic E-state index is 11.9. The van der Waals surface area contributed by atoms with Gasteiger partial charge in [0, 0.05) is 19.6 Å². The number of nitrogens with zero attached hydrogens (tertiary/aromatic N) is 1. The molecule has 1 aliphatic rings. The van der Waals surface area contributed by atoms with E-state index in [0.717, 1.165) is 0 Å². The Balaban J connectivity index is 2.56. The standard InChI is InChI=1S/C12H20N3O4/c1-8(10(13)17)12(19)15-5-2-3-9(7-15)11(18)14-4-6-16/h9,16H,2-7H2,1H3,(H2,13,17)(H,14,18). The summed E-state index contributed by atoms with van der Waals surface area (Å²) in [4.78, 5) is 36.2. The van der Waals surface area contributed by atoms with Gasteiger partial charge in [-0.2, -0.15) is 0 Å². The fourth-order valence-corrected chi connectivity index (χ4v) is 2.04. The van der Waals surface area contributed by atoms with Crippen molar-refractivity contribution in [1.29, 1.82) is 0 Å². The Hall–Kier alpha value is -1.63. The Labute approximate surface area is 112 Å². The van der Waals surface area contributed by atoms with Crippen LogP contribution in [0.25, 0.3) is 0 Å². The van der Waals surface area contributed by atoms with Gasteiger partial charge in [-0.15, -0.1) is 0 Å². The Morgan fingerprint density at radius 2 is 2.11 bits per heavy atom. The number of amides is 3. The minimum Gasteiger partial charge on any atom is -0.395 e. The van der Waals surface area contributed by atoms with E-state index in [-0.39, 0.29) is 37.4 Å². The van der Waals surface area contributed by atoms with Crippen LogP contribution in [0.4, 0.5) is 0 Å². The van der Waals surface area contributed by atoms with E-state index in [0.29, 0.717) is 19.4 Å². The molecule has 0 aromatic heterocycles. The second-order valence-electron chi connectivity index (χ2n) is 4.59. The number of hydrogen-bond acceptors (Lipinski definition) is 4. The third-order valence-corrected chi connectivity index (χ3v) is 3.18. The van der Waals surface area contributed by atoms with Gasteiger partial charge < -0.3 is 21.1 Å². The van der Waals surface area contributed by atoms with Crippen LogP contribution in [0.15, 0.2) is 0 Å². The van der Waals surface area contributed by atoms with E-state index < -0.39 is 11.8 Å². The minimum atomic E-state index is -0.739. The number of rotatable bonds is 5. The molecule has 1 fully saturated rings. The molecule has 3 amide bonds. The van der Waals surface area contributed by atoms with Crippen molar-refractivity contribution < 1.29 is 19.5 Å². The average molecular weight is 270 g/mol. The highest BCUT2D eigenvalue weighted by Crippen LogP contribution is 2.19. The van der Waals surface area contributed by atoms with Crippen LogP contribution in [0.2, 0.25) is 0 Å². The molecule has 1 atom stereocenters. The smallest absolute Gasteiger partial charge is 0.239 e. The van der Waals surface area contributed by atoms with Crippen LogP contribution >= 0.6 is 0 Å². The number of aliphatic hydroxyl groups is 1. The molecule has 0 bridgehead atoms. The van der Waals surface area contributed by atoms with Crippen LogP contribution < -0.4 is 11.1 Å². The van der Waals surface area contributed by atoms with E-state index >= 15 is 0 Å². The van der Waals surface area contributed by atoms with Crippen molar-refractivity contribution in [2.24, 2.45) is 11.7 Å². The summed E-state index contributed by atoms with van der Waals surface area (Å²) in [5, 5.41) is 11.2. The summed E-state index contributed by atoms with van der Waals surface area (Å²) in [5.74, 6) is -1.64. The lowest BCUT2D eigenvalue weighted by Gasteiger charge is -2.33. The first-order valence-corrected chi connectivity index (χ1v) is 6.28. The van der Waals surface area contributed by atoms with Gasteiger partial charge in [0.1, 0.15) is 5.92 Å². The molecule has 1 heterocycles. The molecule has 1 aliphatic heterocycles. The maximum Gasteiger partial charge on any atom is 0.239 e. The van der Waals surface area contributed by atoms with Crippen LogP contribution in [-0.2, 0) is 14.4 Å². The number of hydrogen-bond donors (Lipinski definition) is 3. The van der Waals surface area contributed by atoms with Gasteiger partial charge in [0.2, 0.25) is 17.7 Å². The molecular weight excluding hydrogens is 250 g/mol. The molecule has 1 saturated heterocycles. The predicted molar refractivity (Wildman–Crippen MR) is 67.5 cm³/mol. The Morgan fingerprint density at radius 3 is 2.68 bits per heavy atom. The molecule has 19 heavy (non-hydrogen) atoms. The monoisotopic (exact) mass is 270 g/mol. The molecule has 7 heteroatoms. The van der Waals surface area contributed by atoms with Crippen LogP contribution in [-0.4, -0.2) is 54.0 Å². The van der Waals surface area contributed by atoms with Crippen molar-refractivity contribution in [2.45, 2.75) is 19.8 Å². The van der Waals surface area contributed by atoms with Crippen molar-refractivity contribution in [3.63, 3.8) is 0 Å². The third-order valence-electron chi connectivity index (χ3n) is 3.18. The van der Waals surface area contributed by atoms with Crippen LogP contribution in [0, 0.1) is 11.8 Å². The van der Waals surface area contributed by atoms with Crippen LogP contribution in [0.1, 0.15) is 19.8 Å². The van der Waals surface area contributed by atoms with Crippen LogP contribution in [0.5, 0.6) is 0 Å². The third kappa shape index (κ3) is 4.20. The number of primary amides is 1. The van der Waals surface area contributed by atoms with Gasteiger partial charge in [-0.1, -0.05) is 0 Å². The molecule has 107 valence electrons. The normalized spacial score (nSPS) is 19.3. The first-order chi connectivity index (χ1) is 8.97. The fourth-order valence-electron chi connectivity index (χ4n) is 2.04. The van der Waals surface area contributed by atoms with E-state index in [4.69, 9.17) is 10.8 Å². The largest absolute Gasteiger partial charge is 0.395 e. The number of piperidine rings is 1. The zero-order chi connectivity index (χ0) is 14.4. The van der Waals surface area contributed by atoms with E-state index in [1.165, 1.54) is 11.8 Å². The number of carbonyl (C=O) groups excluding carboxylic acids is 3. The first kappa shape index (κ1) is 15.4. The molecule has 1 radical (unpaired) electrons. The molecule has 0 spiro atoms. The zero-order valence-corrected chi connectivity index (χ0v) is 11.0. The van der Waals surface area contributed by atoms with Gasteiger partial charge in [0.05, 0.1) is 12.5 Å². The number of nitrogens with two attached hydrogens (primary N) is 1. The molecule has 1 unspecified atom stereocenters. The van der Waals surface area contributed by atoms with E-state index in [2.05, 4.69) is 5.32 Å². The molecule has 0 aromatic carbocycles. The molecule has 0 aliphatic carbocycles. The van der Waals surface area contributed by atoms with Gasteiger partial charge in [-0.25, -0.2) is 0 Å². The first-order valence-electron chi connectivity index (χ1n) is 6.28. The average Bonchev–Trinajstić information content (AvgIpc) is 2.43. The quantitative estimate of drug-likeness (QED) is 0.523. The summed E-state index contributed by atoms with van der Waals surface area (Å²) >= 11 is 0. The molecule has 0 saturated carbocycles. The number of carbonyl (C=O) groups is 3. The minimum absolute atomic E-state index is 0.0172. The number of nitrogens with one attached hydrogen (secondary N) is 1. The molecule has 0 aromatic rings. The van der Waals surface area contributed by atoms with Gasteiger partial charge in [0.25, 0.3) is 0 Å². The SMILES string of the molecule is C[C](C(N)=O)C(=O)N1CCCC(C(=O)NCCO)C1. The van der Waals surface area contributed by atoms with E-state index in [1.807, 2.05) is 0 Å². The lowest BCUT2D eigenvalue weighted by atomic mass is 9.96. The van der Waals surface area contributed by atoms with Crippen molar-refractivity contribution in [1.82, 2.24) is 10.2 Å². The Morgan fingerprint density at radius 1 is 1.42 bits per heavy atom. The van der Waals surface area contributed by atoms with Crippen LogP contribution in [0.3, 0.4) is 0 Å². The predicted octanol–water partition coefficient (Wildman–Crippen LogP) is -1.59. The van der Waals surface area contributed by atoms with Crippen molar-refractivity contribution >= 4 is 17.7 Å². The zero-order valence-electron chi connectivity index (χ0n) is 11.0. The number of likely N-dealkylation sites (tertiary alicyclic amines) is 1. The van der Waals surface area contributed by atoms with Crippen molar-refractivity contribution in [3.05, 3.63) is 5.92 Å². The summed E-state index contributed by atoms with van der Waals surface area (Å²) in [7, 11) is 0. The summed E-state index contributed by atoms with van der Waals surface area (Å²) in [6, 6.07) is 0. The van der Waals surface area contributed by atoms with Gasteiger partial charge >= 0.3 is 0 Å². The highest BCUT2D eigenvalue weighted by Gasteiger charge is 2.32. The van der Waals surface area contributed by atoms with Gasteiger partial charge in [-0.3, -0.25) is 14.4 Å². The number of aliphatic hydroxyl groups excluding tert-OH is 1. The lowest BCUT2D eigenvalue weighted by Crippen LogP contribution is -2.48.